The van der Waals surface area contributed by atoms with E-state index in [9.17, 15) is 0 Å². The molecular formula is C12H27BrOSi. The molecule has 0 saturated carbocycles. The van der Waals surface area contributed by atoms with E-state index in [1.165, 1.54) is 6.42 Å². The van der Waals surface area contributed by atoms with Crippen LogP contribution in [0.1, 0.15) is 41.0 Å². The minimum Gasteiger partial charge on any atom is -0.416 e. The van der Waals surface area contributed by atoms with Crippen LogP contribution in [0.3, 0.4) is 0 Å². The predicted molar refractivity (Wildman–Crippen MR) is 75.3 cm³/mol. The molecule has 0 saturated heterocycles. The van der Waals surface area contributed by atoms with Crippen LogP contribution in [0.5, 0.6) is 0 Å². The number of rotatable bonds is 5. The monoisotopic (exact) mass is 294 g/mol. The normalized spacial score (nSPS) is 15.8. The van der Waals surface area contributed by atoms with Crippen molar-refractivity contribution in [2.45, 2.75) is 64.0 Å². The Balaban J connectivity index is 4.04. The molecule has 0 fully saturated rings. The Kier molecular flexibility index (Phi) is 6.08. The third-order valence-electron chi connectivity index (χ3n) is 3.16. The first kappa shape index (κ1) is 15.7. The lowest BCUT2D eigenvalue weighted by Gasteiger charge is -2.36. The van der Waals surface area contributed by atoms with Gasteiger partial charge in [-0.3, -0.25) is 0 Å². The summed E-state index contributed by atoms with van der Waals surface area (Å²) in [6.07, 6.45) is 1.19. The first-order chi connectivity index (χ1) is 6.56. The standard InChI is InChI=1S/C12H27BrOSi/c1-10(2)8-11(13)9-14-15(6,7)12(3,4)5/h10-11H,8-9H2,1-7H3. The van der Waals surface area contributed by atoms with E-state index in [2.05, 4.69) is 63.6 Å². The quantitative estimate of drug-likeness (QED) is 0.522. The van der Waals surface area contributed by atoms with Crippen LogP contribution in [0.25, 0.3) is 0 Å². The summed E-state index contributed by atoms with van der Waals surface area (Å²) in [7, 11) is -1.55. The Labute approximate surface area is 105 Å². The molecule has 0 aliphatic carbocycles. The van der Waals surface area contributed by atoms with Crippen molar-refractivity contribution in [3.63, 3.8) is 0 Å². The molecule has 0 bridgehead atoms. The van der Waals surface area contributed by atoms with E-state index in [0.29, 0.717) is 9.87 Å². The third kappa shape index (κ3) is 6.08. The van der Waals surface area contributed by atoms with Crippen LogP contribution in [0.15, 0.2) is 0 Å². The molecule has 0 aliphatic heterocycles. The molecule has 0 spiro atoms. The van der Waals surface area contributed by atoms with E-state index in [1.807, 2.05) is 0 Å². The average molecular weight is 295 g/mol. The molecule has 0 aromatic carbocycles. The van der Waals surface area contributed by atoms with E-state index in [0.717, 1.165) is 12.5 Å². The molecule has 0 heterocycles. The zero-order chi connectivity index (χ0) is 12.3. The van der Waals surface area contributed by atoms with Crippen LogP contribution >= 0.6 is 15.9 Å². The first-order valence-electron chi connectivity index (χ1n) is 5.84. The van der Waals surface area contributed by atoms with E-state index in [4.69, 9.17) is 4.43 Å². The van der Waals surface area contributed by atoms with Gasteiger partial charge in [0.15, 0.2) is 8.32 Å². The van der Waals surface area contributed by atoms with Gasteiger partial charge in [-0.25, -0.2) is 0 Å². The van der Waals surface area contributed by atoms with Crippen molar-refractivity contribution in [3.8, 4) is 0 Å². The zero-order valence-electron chi connectivity index (χ0n) is 11.4. The van der Waals surface area contributed by atoms with Gasteiger partial charge in [0.25, 0.3) is 0 Å². The van der Waals surface area contributed by atoms with E-state index >= 15 is 0 Å². The second-order valence-electron chi connectivity index (χ2n) is 6.30. The Morgan fingerprint density at radius 3 is 2.00 bits per heavy atom. The molecule has 1 unspecified atom stereocenters. The predicted octanol–water partition coefficient (Wildman–Crippen LogP) is 4.82. The minimum atomic E-state index is -1.55. The van der Waals surface area contributed by atoms with Gasteiger partial charge in [0.05, 0.1) is 0 Å². The fourth-order valence-corrected chi connectivity index (χ4v) is 3.27. The highest BCUT2D eigenvalue weighted by atomic mass is 79.9. The van der Waals surface area contributed by atoms with E-state index in [1.54, 1.807) is 0 Å². The molecule has 15 heavy (non-hydrogen) atoms. The minimum absolute atomic E-state index is 0.317. The van der Waals surface area contributed by atoms with Crippen molar-refractivity contribution < 1.29 is 4.43 Å². The number of hydrogen-bond donors (Lipinski definition) is 0. The summed E-state index contributed by atoms with van der Waals surface area (Å²) in [5.41, 5.74) is 0. The Morgan fingerprint density at radius 1 is 1.20 bits per heavy atom. The number of hydrogen-bond acceptors (Lipinski definition) is 1. The molecule has 0 aliphatic rings. The van der Waals surface area contributed by atoms with Gasteiger partial charge in [-0.05, 0) is 30.5 Å². The number of halogens is 1. The van der Waals surface area contributed by atoms with Gasteiger partial charge < -0.3 is 4.43 Å². The second-order valence-corrected chi connectivity index (χ2v) is 12.4. The van der Waals surface area contributed by atoms with Crippen LogP contribution in [0, 0.1) is 5.92 Å². The SMILES string of the molecule is CC(C)CC(Br)CO[Si](C)(C)C(C)(C)C. The highest BCUT2D eigenvalue weighted by molar-refractivity contribution is 9.09. The third-order valence-corrected chi connectivity index (χ3v) is 8.30. The topological polar surface area (TPSA) is 9.23 Å². The molecule has 92 valence electrons. The Morgan fingerprint density at radius 2 is 1.67 bits per heavy atom. The molecule has 1 atom stereocenters. The smallest absolute Gasteiger partial charge is 0.192 e. The van der Waals surface area contributed by atoms with Crippen LogP contribution in [-0.4, -0.2) is 19.8 Å². The molecule has 0 rings (SSSR count). The van der Waals surface area contributed by atoms with Crippen LogP contribution < -0.4 is 0 Å². The molecule has 0 amide bonds. The maximum atomic E-state index is 6.15. The van der Waals surface area contributed by atoms with Crippen molar-refractivity contribution in [2.75, 3.05) is 6.61 Å². The molecule has 0 N–H and O–H groups in total. The lowest BCUT2D eigenvalue weighted by molar-refractivity contribution is 0.279. The lowest BCUT2D eigenvalue weighted by atomic mass is 10.1. The van der Waals surface area contributed by atoms with Gasteiger partial charge in [-0.1, -0.05) is 50.5 Å². The largest absolute Gasteiger partial charge is 0.416 e. The summed E-state index contributed by atoms with van der Waals surface area (Å²) in [6, 6.07) is 0. The summed E-state index contributed by atoms with van der Waals surface area (Å²) in [5, 5.41) is 0.317. The Bertz CT molecular complexity index is 185. The second kappa shape index (κ2) is 5.83. The van der Waals surface area contributed by atoms with Gasteiger partial charge in [-0.2, -0.15) is 0 Å². The summed E-state index contributed by atoms with van der Waals surface area (Å²) < 4.78 is 6.15. The first-order valence-corrected chi connectivity index (χ1v) is 9.66. The van der Waals surface area contributed by atoms with Crippen LogP contribution in [-0.2, 0) is 4.43 Å². The summed E-state index contributed by atoms with van der Waals surface area (Å²) in [6.45, 7) is 16.8. The van der Waals surface area contributed by atoms with Crippen LogP contribution in [0.2, 0.25) is 18.1 Å². The number of alkyl halides is 1. The zero-order valence-corrected chi connectivity index (χ0v) is 13.9. The molecule has 0 aromatic heterocycles. The van der Waals surface area contributed by atoms with Gasteiger partial charge in [-0.15, -0.1) is 0 Å². The molecule has 3 heteroatoms. The fourth-order valence-electron chi connectivity index (χ4n) is 1.09. The van der Waals surface area contributed by atoms with Gasteiger partial charge in [0, 0.05) is 11.4 Å². The van der Waals surface area contributed by atoms with E-state index in [-0.39, 0.29) is 0 Å². The molecular weight excluding hydrogens is 268 g/mol. The van der Waals surface area contributed by atoms with Gasteiger partial charge in [0.2, 0.25) is 0 Å². The maximum Gasteiger partial charge on any atom is 0.192 e. The molecule has 0 radical (unpaired) electrons. The molecule has 1 nitrogen and oxygen atoms in total. The molecule has 0 aromatic rings. The van der Waals surface area contributed by atoms with Crippen molar-refractivity contribution in [2.24, 2.45) is 5.92 Å². The van der Waals surface area contributed by atoms with Gasteiger partial charge >= 0.3 is 0 Å². The lowest BCUT2D eigenvalue weighted by Crippen LogP contribution is -2.42. The van der Waals surface area contributed by atoms with Crippen molar-refractivity contribution in [1.82, 2.24) is 0 Å². The summed E-state index contributed by atoms with van der Waals surface area (Å²) in [5.74, 6) is 0.734. The van der Waals surface area contributed by atoms with E-state index < -0.39 is 8.32 Å². The van der Waals surface area contributed by atoms with Crippen molar-refractivity contribution in [1.29, 1.82) is 0 Å². The highest BCUT2D eigenvalue weighted by Gasteiger charge is 2.37. The Hall–Kier alpha value is 0.657. The van der Waals surface area contributed by atoms with Gasteiger partial charge in [0.1, 0.15) is 0 Å². The van der Waals surface area contributed by atoms with Crippen LogP contribution in [0.4, 0.5) is 0 Å². The summed E-state index contributed by atoms with van der Waals surface area (Å²) in [4.78, 5) is 0.506. The summed E-state index contributed by atoms with van der Waals surface area (Å²) >= 11 is 3.70. The highest BCUT2D eigenvalue weighted by Crippen LogP contribution is 2.36. The maximum absolute atomic E-state index is 6.15. The van der Waals surface area contributed by atoms with Crippen molar-refractivity contribution in [3.05, 3.63) is 0 Å². The van der Waals surface area contributed by atoms with Crippen molar-refractivity contribution >= 4 is 24.2 Å². The average Bonchev–Trinajstić information content (AvgIpc) is 1.97. The fraction of sp³-hybridized carbons (Fsp3) is 1.00.